The molecule has 0 saturated carbocycles. The molecule has 10 heteroatoms. The van der Waals surface area contributed by atoms with Gasteiger partial charge in [-0.3, -0.25) is 4.57 Å². The largest absolute Gasteiger partial charge is 0.492 e. The van der Waals surface area contributed by atoms with Gasteiger partial charge in [-0.15, -0.1) is 0 Å². The Morgan fingerprint density at radius 1 is 1.55 bits per heavy atom. The highest BCUT2D eigenvalue weighted by atomic mass is 16.6. The molecule has 0 bridgehead atoms. The lowest BCUT2D eigenvalue weighted by Gasteiger charge is -2.21. The predicted octanol–water partition coefficient (Wildman–Crippen LogP) is -1.11. The van der Waals surface area contributed by atoms with Gasteiger partial charge in [-0.1, -0.05) is 6.92 Å². The fourth-order valence-electron chi connectivity index (χ4n) is 2.65. The Morgan fingerprint density at radius 3 is 2.86 bits per heavy atom. The molecule has 0 aliphatic carbocycles. The zero-order valence-electron chi connectivity index (χ0n) is 11.6. The standard InChI is InChI=1S/C12H14N6O4/c1-5-7(20)12(2-13,3-19)22-10(5)18-4-15-6-8(18)16-11(14)17-9(6)21/h4-5,7,10,19-20H,3H2,1H3,(H3,14,16,17,21)/t5-,7-,10+,12+/m0/s1. The number of ether oxygens (including phenoxy) is 1. The maximum absolute atomic E-state index is 10.2. The van der Waals surface area contributed by atoms with Crippen molar-refractivity contribution in [3.63, 3.8) is 0 Å². The molecule has 5 N–H and O–H groups in total. The second-order valence-corrected chi connectivity index (χ2v) is 5.20. The van der Waals surface area contributed by atoms with E-state index in [2.05, 4.69) is 15.0 Å². The Labute approximate surface area is 124 Å². The van der Waals surface area contributed by atoms with Gasteiger partial charge < -0.3 is 25.8 Å². The normalized spacial score (nSPS) is 31.5. The summed E-state index contributed by atoms with van der Waals surface area (Å²) in [6.07, 6.45) is -0.657. The van der Waals surface area contributed by atoms with Crippen LogP contribution in [0.1, 0.15) is 13.2 Å². The van der Waals surface area contributed by atoms with Crippen LogP contribution in [0.15, 0.2) is 6.33 Å². The van der Waals surface area contributed by atoms with E-state index in [1.807, 2.05) is 6.07 Å². The van der Waals surface area contributed by atoms with E-state index in [9.17, 15) is 20.6 Å². The van der Waals surface area contributed by atoms with Gasteiger partial charge in [0.15, 0.2) is 11.2 Å². The Bertz CT molecular complexity index is 771. The number of aromatic hydroxyl groups is 1. The number of aliphatic hydroxyl groups excluding tert-OH is 2. The second-order valence-electron chi connectivity index (χ2n) is 5.20. The molecular formula is C12H14N6O4. The Kier molecular flexibility index (Phi) is 3.13. The van der Waals surface area contributed by atoms with Crippen molar-refractivity contribution < 1.29 is 20.1 Å². The molecule has 1 aliphatic heterocycles. The van der Waals surface area contributed by atoms with Crippen LogP contribution in [-0.4, -0.2) is 53.2 Å². The molecule has 4 atom stereocenters. The Balaban J connectivity index is 2.11. The van der Waals surface area contributed by atoms with E-state index in [0.29, 0.717) is 0 Å². The first-order valence-corrected chi connectivity index (χ1v) is 6.50. The van der Waals surface area contributed by atoms with Crippen LogP contribution in [-0.2, 0) is 4.74 Å². The number of fused-ring (bicyclic) bond motifs is 1. The molecule has 0 unspecified atom stereocenters. The van der Waals surface area contributed by atoms with Gasteiger partial charge in [-0.05, 0) is 0 Å². The summed E-state index contributed by atoms with van der Waals surface area (Å²) < 4.78 is 7.02. The first-order chi connectivity index (χ1) is 10.4. The number of nitriles is 1. The highest BCUT2D eigenvalue weighted by Crippen LogP contribution is 2.42. The maximum atomic E-state index is 10.2. The van der Waals surface area contributed by atoms with Crippen LogP contribution in [0.4, 0.5) is 5.95 Å². The van der Waals surface area contributed by atoms with Crippen molar-refractivity contribution in [2.75, 3.05) is 12.3 Å². The summed E-state index contributed by atoms with van der Waals surface area (Å²) >= 11 is 0. The fraction of sp³-hybridized carbons (Fsp3) is 0.500. The van der Waals surface area contributed by atoms with Gasteiger partial charge in [0.25, 0.3) is 0 Å². The summed E-state index contributed by atoms with van der Waals surface area (Å²) in [4.78, 5) is 11.6. The number of nitrogens with zero attached hydrogens (tertiary/aromatic N) is 5. The number of hydrogen-bond donors (Lipinski definition) is 4. The molecule has 3 rings (SSSR count). The van der Waals surface area contributed by atoms with Crippen LogP contribution in [0, 0.1) is 17.2 Å². The molecule has 2 aromatic rings. The maximum Gasteiger partial charge on any atom is 0.244 e. The molecule has 116 valence electrons. The van der Waals surface area contributed by atoms with Crippen molar-refractivity contribution in [2.24, 2.45) is 5.92 Å². The Morgan fingerprint density at radius 2 is 2.27 bits per heavy atom. The van der Waals surface area contributed by atoms with Gasteiger partial charge >= 0.3 is 0 Å². The molecule has 0 radical (unpaired) electrons. The van der Waals surface area contributed by atoms with E-state index in [0.717, 1.165) is 0 Å². The summed E-state index contributed by atoms with van der Waals surface area (Å²) in [5, 5.41) is 38.6. The third-order valence-corrected chi connectivity index (χ3v) is 3.88. The third kappa shape index (κ3) is 1.80. The van der Waals surface area contributed by atoms with Crippen molar-refractivity contribution in [1.29, 1.82) is 5.26 Å². The number of imidazole rings is 1. The zero-order chi connectivity index (χ0) is 16.1. The fourth-order valence-corrected chi connectivity index (χ4v) is 2.65. The van der Waals surface area contributed by atoms with Crippen molar-refractivity contribution in [3.05, 3.63) is 6.33 Å². The molecule has 0 aromatic carbocycles. The number of aromatic nitrogens is 4. The van der Waals surface area contributed by atoms with E-state index >= 15 is 0 Å². The summed E-state index contributed by atoms with van der Waals surface area (Å²) in [6, 6.07) is 1.81. The van der Waals surface area contributed by atoms with Crippen molar-refractivity contribution >= 4 is 17.1 Å². The monoisotopic (exact) mass is 306 g/mol. The number of aliphatic hydroxyl groups is 2. The van der Waals surface area contributed by atoms with Crippen LogP contribution in [0.25, 0.3) is 11.2 Å². The first-order valence-electron chi connectivity index (χ1n) is 6.50. The number of nitrogens with two attached hydrogens (primary N) is 1. The van der Waals surface area contributed by atoms with Gasteiger partial charge in [0, 0.05) is 5.92 Å². The topological polar surface area (TPSA) is 163 Å². The van der Waals surface area contributed by atoms with Gasteiger partial charge in [0.1, 0.15) is 18.4 Å². The molecule has 1 aliphatic rings. The summed E-state index contributed by atoms with van der Waals surface area (Å²) in [5.74, 6) is -1.05. The van der Waals surface area contributed by atoms with E-state index in [-0.39, 0.29) is 23.0 Å². The number of nitrogen functional groups attached to an aromatic ring is 1. The molecule has 3 heterocycles. The van der Waals surface area contributed by atoms with Crippen molar-refractivity contribution in [1.82, 2.24) is 19.5 Å². The molecule has 0 amide bonds. The number of anilines is 1. The van der Waals surface area contributed by atoms with Gasteiger partial charge in [-0.2, -0.15) is 15.2 Å². The van der Waals surface area contributed by atoms with Crippen LogP contribution < -0.4 is 5.73 Å². The van der Waals surface area contributed by atoms with Gasteiger partial charge in [0.2, 0.25) is 17.4 Å². The molecular weight excluding hydrogens is 292 g/mol. The average Bonchev–Trinajstić information content (AvgIpc) is 3.01. The van der Waals surface area contributed by atoms with Gasteiger partial charge in [0.05, 0.1) is 12.9 Å². The summed E-state index contributed by atoms with van der Waals surface area (Å²) in [5.41, 5.74) is 4.12. The van der Waals surface area contributed by atoms with Crippen molar-refractivity contribution in [2.45, 2.75) is 24.9 Å². The highest BCUT2D eigenvalue weighted by Gasteiger charge is 2.54. The van der Waals surface area contributed by atoms with E-state index in [1.54, 1.807) is 6.92 Å². The van der Waals surface area contributed by atoms with Crippen LogP contribution in [0.3, 0.4) is 0 Å². The summed E-state index contributed by atoms with van der Waals surface area (Å²) in [6.45, 7) is 1.01. The smallest absolute Gasteiger partial charge is 0.244 e. The SMILES string of the molecule is C[C@@H]1[C@H](n2cnc3c(O)nc(N)nc32)O[C@](C#N)(CO)[C@H]1O. The molecule has 1 fully saturated rings. The minimum absolute atomic E-state index is 0.123. The first kappa shape index (κ1) is 14.5. The second kappa shape index (κ2) is 4.77. The lowest BCUT2D eigenvalue weighted by molar-refractivity contribution is -0.0909. The quantitative estimate of drug-likeness (QED) is 0.538. The van der Waals surface area contributed by atoms with Gasteiger partial charge in [-0.25, -0.2) is 4.98 Å². The predicted molar refractivity (Wildman–Crippen MR) is 72.1 cm³/mol. The molecule has 22 heavy (non-hydrogen) atoms. The van der Waals surface area contributed by atoms with Crippen molar-refractivity contribution in [3.8, 4) is 11.9 Å². The highest BCUT2D eigenvalue weighted by molar-refractivity contribution is 5.77. The van der Waals surface area contributed by atoms with Crippen LogP contribution in [0.2, 0.25) is 0 Å². The Hall–Kier alpha value is -2.48. The van der Waals surface area contributed by atoms with Crippen LogP contribution >= 0.6 is 0 Å². The minimum atomic E-state index is -1.72. The number of hydrogen-bond acceptors (Lipinski definition) is 9. The van der Waals surface area contributed by atoms with Crippen LogP contribution in [0.5, 0.6) is 5.88 Å². The number of rotatable bonds is 2. The molecule has 10 nitrogen and oxygen atoms in total. The van der Waals surface area contributed by atoms with E-state index in [4.69, 9.17) is 10.5 Å². The van der Waals surface area contributed by atoms with E-state index in [1.165, 1.54) is 10.9 Å². The lowest BCUT2D eigenvalue weighted by Crippen LogP contribution is -2.43. The lowest BCUT2D eigenvalue weighted by atomic mass is 9.92. The zero-order valence-corrected chi connectivity index (χ0v) is 11.6. The average molecular weight is 306 g/mol. The molecule has 2 aromatic heterocycles. The third-order valence-electron chi connectivity index (χ3n) is 3.88. The van der Waals surface area contributed by atoms with E-state index < -0.39 is 30.5 Å². The molecule has 1 saturated heterocycles. The summed E-state index contributed by atoms with van der Waals surface area (Å²) in [7, 11) is 0. The minimum Gasteiger partial charge on any atom is -0.492 e. The molecule has 0 spiro atoms.